The molecule has 1 fully saturated rings. The highest BCUT2D eigenvalue weighted by Crippen LogP contribution is 2.23. The first-order chi connectivity index (χ1) is 13.1. The van der Waals surface area contributed by atoms with Gasteiger partial charge in [0, 0.05) is 13.1 Å². The fraction of sp³-hybridized carbons (Fsp3) is 0.211. The maximum Gasteiger partial charge on any atom is 0.325 e. The fourth-order valence-corrected chi connectivity index (χ4v) is 3.93. The highest BCUT2D eigenvalue weighted by molar-refractivity contribution is 7.18. The standard InChI is InChI=1S/C19H17FN4O2S/c20-13-5-1-3-7-15(13)24-10-9-23(19(24)26)12-17(25)21-11-18-22-14-6-2-4-8-16(14)27-18/h1-8H,9-12H2,(H,21,25). The molecule has 1 N–H and O–H groups in total. The number of rotatable bonds is 5. The summed E-state index contributed by atoms with van der Waals surface area (Å²) in [5, 5.41) is 3.61. The van der Waals surface area contributed by atoms with Gasteiger partial charge in [0.25, 0.3) is 0 Å². The van der Waals surface area contributed by atoms with E-state index in [2.05, 4.69) is 10.3 Å². The molecule has 1 aliphatic heterocycles. The Morgan fingerprint density at radius 2 is 1.93 bits per heavy atom. The van der Waals surface area contributed by atoms with Gasteiger partial charge in [0.1, 0.15) is 17.4 Å². The molecule has 0 aliphatic carbocycles. The smallest absolute Gasteiger partial charge is 0.325 e. The molecule has 6 nitrogen and oxygen atoms in total. The second-order valence-corrected chi connectivity index (χ2v) is 7.27. The zero-order valence-corrected chi connectivity index (χ0v) is 15.2. The molecule has 0 spiro atoms. The largest absolute Gasteiger partial charge is 0.348 e. The summed E-state index contributed by atoms with van der Waals surface area (Å²) in [5.74, 6) is -0.717. The summed E-state index contributed by atoms with van der Waals surface area (Å²) in [6.45, 7) is 0.985. The van der Waals surface area contributed by atoms with Crippen LogP contribution in [0.1, 0.15) is 5.01 Å². The average Bonchev–Trinajstić information content (AvgIpc) is 3.24. The summed E-state index contributed by atoms with van der Waals surface area (Å²) in [5.41, 5.74) is 1.14. The first-order valence-corrected chi connectivity index (χ1v) is 9.35. The summed E-state index contributed by atoms with van der Waals surface area (Å²) < 4.78 is 15.0. The predicted molar refractivity (Wildman–Crippen MR) is 102 cm³/mol. The van der Waals surface area contributed by atoms with Gasteiger partial charge in [-0.1, -0.05) is 24.3 Å². The predicted octanol–water partition coefficient (Wildman–Crippen LogP) is 2.99. The first-order valence-electron chi connectivity index (χ1n) is 8.54. The van der Waals surface area contributed by atoms with E-state index in [-0.39, 0.29) is 24.2 Å². The number of carbonyl (C=O) groups excluding carboxylic acids is 2. The van der Waals surface area contributed by atoms with Crippen LogP contribution >= 0.6 is 11.3 Å². The molecule has 0 saturated carbocycles. The molecule has 2 aromatic carbocycles. The molecule has 3 aromatic rings. The van der Waals surface area contributed by atoms with Crippen molar-refractivity contribution in [3.8, 4) is 0 Å². The Morgan fingerprint density at radius 1 is 1.15 bits per heavy atom. The number of para-hydroxylation sites is 2. The third-order valence-electron chi connectivity index (χ3n) is 4.35. The molecule has 27 heavy (non-hydrogen) atoms. The highest BCUT2D eigenvalue weighted by Gasteiger charge is 2.32. The van der Waals surface area contributed by atoms with Gasteiger partial charge in [0.15, 0.2) is 0 Å². The van der Waals surface area contributed by atoms with E-state index >= 15 is 0 Å². The Hall–Kier alpha value is -3.00. The molecule has 0 unspecified atom stereocenters. The van der Waals surface area contributed by atoms with Crippen molar-refractivity contribution in [2.45, 2.75) is 6.54 Å². The fourth-order valence-electron chi connectivity index (χ4n) is 3.02. The molecule has 0 bridgehead atoms. The maximum atomic E-state index is 13.9. The van der Waals surface area contributed by atoms with E-state index in [0.29, 0.717) is 19.6 Å². The monoisotopic (exact) mass is 384 g/mol. The Kier molecular flexibility index (Phi) is 4.72. The summed E-state index contributed by atoms with van der Waals surface area (Å²) in [6, 6.07) is 13.5. The Morgan fingerprint density at radius 3 is 2.74 bits per heavy atom. The Bertz CT molecular complexity index is 973. The van der Waals surface area contributed by atoms with Crippen LogP contribution in [0, 0.1) is 5.82 Å². The van der Waals surface area contributed by atoms with Crippen LogP contribution in [0.4, 0.5) is 14.9 Å². The molecule has 138 valence electrons. The van der Waals surface area contributed by atoms with Crippen LogP contribution in [0.2, 0.25) is 0 Å². The minimum atomic E-state index is -0.451. The molecular weight excluding hydrogens is 367 g/mol. The van der Waals surface area contributed by atoms with Gasteiger partial charge >= 0.3 is 6.03 Å². The van der Waals surface area contributed by atoms with Crippen LogP contribution in [-0.4, -0.2) is 41.5 Å². The van der Waals surface area contributed by atoms with Crippen LogP contribution in [-0.2, 0) is 11.3 Å². The Labute approximate surface area is 159 Å². The van der Waals surface area contributed by atoms with E-state index in [1.165, 1.54) is 27.2 Å². The lowest BCUT2D eigenvalue weighted by molar-refractivity contribution is -0.121. The Balaban J connectivity index is 1.34. The molecular formula is C19H17FN4O2S. The van der Waals surface area contributed by atoms with Gasteiger partial charge in [-0.25, -0.2) is 14.2 Å². The number of thiazole rings is 1. The third-order valence-corrected chi connectivity index (χ3v) is 5.38. The highest BCUT2D eigenvalue weighted by atomic mass is 32.1. The normalized spacial score (nSPS) is 14.2. The number of aromatic nitrogens is 1. The van der Waals surface area contributed by atoms with Crippen LogP contribution < -0.4 is 10.2 Å². The summed E-state index contributed by atoms with van der Waals surface area (Å²) >= 11 is 1.53. The molecule has 0 atom stereocenters. The van der Waals surface area contributed by atoms with Gasteiger partial charge in [-0.15, -0.1) is 11.3 Å². The number of fused-ring (bicyclic) bond motifs is 1. The summed E-state index contributed by atoms with van der Waals surface area (Å²) in [6.07, 6.45) is 0. The molecule has 1 aromatic heterocycles. The molecule has 3 amide bonds. The van der Waals surface area contributed by atoms with Gasteiger partial charge in [0.05, 0.1) is 22.4 Å². The lowest BCUT2D eigenvalue weighted by Crippen LogP contribution is -2.39. The summed E-state index contributed by atoms with van der Waals surface area (Å²) in [4.78, 5) is 31.9. The lowest BCUT2D eigenvalue weighted by Gasteiger charge is -2.18. The number of halogens is 1. The van der Waals surface area contributed by atoms with Crippen molar-refractivity contribution in [2.75, 3.05) is 24.5 Å². The topological polar surface area (TPSA) is 65.5 Å². The number of benzene rings is 2. The number of nitrogens with one attached hydrogen (secondary N) is 1. The van der Waals surface area contributed by atoms with Crippen molar-refractivity contribution in [3.05, 3.63) is 59.4 Å². The van der Waals surface area contributed by atoms with Crippen molar-refractivity contribution in [1.82, 2.24) is 15.2 Å². The van der Waals surface area contributed by atoms with E-state index in [1.807, 2.05) is 24.3 Å². The minimum Gasteiger partial charge on any atom is -0.348 e. The van der Waals surface area contributed by atoms with Gasteiger partial charge in [-0.2, -0.15) is 0 Å². The molecule has 1 aliphatic rings. The maximum absolute atomic E-state index is 13.9. The first kappa shape index (κ1) is 17.4. The molecule has 2 heterocycles. The summed E-state index contributed by atoms with van der Waals surface area (Å²) in [7, 11) is 0. The zero-order valence-electron chi connectivity index (χ0n) is 14.4. The minimum absolute atomic E-state index is 0.0608. The van der Waals surface area contributed by atoms with Crippen LogP contribution in [0.25, 0.3) is 10.2 Å². The van der Waals surface area contributed by atoms with E-state index < -0.39 is 5.82 Å². The quantitative estimate of drug-likeness (QED) is 0.735. The molecule has 0 radical (unpaired) electrons. The van der Waals surface area contributed by atoms with Crippen LogP contribution in [0.15, 0.2) is 48.5 Å². The van der Waals surface area contributed by atoms with Gasteiger partial charge in [0.2, 0.25) is 5.91 Å². The zero-order chi connectivity index (χ0) is 18.8. The van der Waals surface area contributed by atoms with Crippen molar-refractivity contribution >= 4 is 39.2 Å². The van der Waals surface area contributed by atoms with Crippen LogP contribution in [0.5, 0.6) is 0 Å². The van der Waals surface area contributed by atoms with Crippen molar-refractivity contribution in [2.24, 2.45) is 0 Å². The number of carbonyl (C=O) groups is 2. The van der Waals surface area contributed by atoms with E-state index in [9.17, 15) is 14.0 Å². The van der Waals surface area contributed by atoms with E-state index in [1.54, 1.807) is 18.2 Å². The number of anilines is 1. The van der Waals surface area contributed by atoms with Gasteiger partial charge in [-0.05, 0) is 24.3 Å². The molecule has 4 rings (SSSR count). The van der Waals surface area contributed by atoms with Crippen molar-refractivity contribution in [1.29, 1.82) is 0 Å². The van der Waals surface area contributed by atoms with E-state index in [4.69, 9.17) is 0 Å². The SMILES string of the molecule is O=C(CN1CCN(c2ccccc2F)C1=O)NCc1nc2ccccc2s1. The van der Waals surface area contributed by atoms with E-state index in [0.717, 1.165) is 15.2 Å². The number of hydrogen-bond donors (Lipinski definition) is 1. The van der Waals surface area contributed by atoms with Crippen LogP contribution in [0.3, 0.4) is 0 Å². The molecule has 8 heteroatoms. The van der Waals surface area contributed by atoms with Crippen molar-refractivity contribution < 1.29 is 14.0 Å². The van der Waals surface area contributed by atoms with Crippen molar-refractivity contribution in [3.63, 3.8) is 0 Å². The molecule has 1 saturated heterocycles. The second-order valence-electron chi connectivity index (χ2n) is 6.16. The van der Waals surface area contributed by atoms with Gasteiger partial charge in [-0.3, -0.25) is 9.69 Å². The lowest BCUT2D eigenvalue weighted by atomic mass is 10.3. The van der Waals surface area contributed by atoms with Gasteiger partial charge < -0.3 is 10.2 Å². The number of amides is 3. The third kappa shape index (κ3) is 3.61. The number of urea groups is 1. The number of hydrogen-bond acceptors (Lipinski definition) is 4. The number of nitrogens with zero attached hydrogens (tertiary/aromatic N) is 3. The average molecular weight is 384 g/mol. The second kappa shape index (κ2) is 7.32.